The Hall–Kier alpha value is -4.09. The van der Waals surface area contributed by atoms with Crippen molar-refractivity contribution in [1.29, 1.82) is 0 Å². The zero-order valence-electron chi connectivity index (χ0n) is 26.3. The summed E-state index contributed by atoms with van der Waals surface area (Å²) < 4.78 is 38.5. The first-order chi connectivity index (χ1) is 21.4. The van der Waals surface area contributed by atoms with Crippen molar-refractivity contribution in [3.63, 3.8) is 0 Å². The fraction of sp³-hybridized carbons (Fsp3) is 0.586. The lowest BCUT2D eigenvalue weighted by Crippen LogP contribution is -2.63. The van der Waals surface area contributed by atoms with Crippen LogP contribution in [-0.4, -0.2) is 102 Å². The average molecular weight is 670 g/mol. The first-order valence-corrected chi connectivity index (χ1v) is 16.3. The molecule has 1 aliphatic heterocycles. The molecule has 16 nitrogen and oxygen atoms in total. The Kier molecular flexibility index (Phi) is 14.1. The predicted molar refractivity (Wildman–Crippen MR) is 163 cm³/mol. The molecule has 1 heterocycles. The van der Waals surface area contributed by atoms with Crippen LogP contribution < -0.4 is 26.6 Å². The number of aliphatic hydroxyl groups excluding tert-OH is 1. The molecule has 1 aromatic carbocycles. The quantitative estimate of drug-likeness (QED) is 0.0965. The number of benzene rings is 1. The van der Waals surface area contributed by atoms with Gasteiger partial charge in [-0.2, -0.15) is 8.42 Å². The summed E-state index contributed by atoms with van der Waals surface area (Å²) in [5, 5.41) is 22.4. The number of amides is 5. The minimum absolute atomic E-state index is 0.0653. The topological polar surface area (TPSA) is 246 Å². The molecular formula is C29H43N5O11S. The molecule has 17 heteroatoms. The van der Waals surface area contributed by atoms with Crippen molar-refractivity contribution in [2.45, 2.75) is 83.8 Å². The molecule has 0 bridgehead atoms. The number of carbonyl (C=O) groups is 6. The van der Waals surface area contributed by atoms with Crippen LogP contribution in [0.25, 0.3) is 0 Å². The largest absolute Gasteiger partial charge is 0.460 e. The van der Waals surface area contributed by atoms with Gasteiger partial charge in [0.15, 0.2) is 0 Å². The standard InChI is InChI=1S/C29H43N5O11S/c1-15(2)22(32-20(35)13-18-9-7-6-8-10-18)28(40)31-19(14-46(42,43)44)26(38)33-23-17(5)45-21(36)11-12-30-27(39)24(34-29(23)41)25(37)16(3)4/h6-10,15-17,19,22-25,37H,11-14H2,1-5H3,(H,30,39)(H,31,40)(H,32,35)(H,33,38)(H,34,41)(H,42,43,44)/t17-,19-,22+,23+,24-,25-/m1/s1. The van der Waals surface area contributed by atoms with Crippen LogP contribution >= 0.6 is 0 Å². The Morgan fingerprint density at radius 3 is 2.17 bits per heavy atom. The highest BCUT2D eigenvalue weighted by atomic mass is 32.2. The van der Waals surface area contributed by atoms with Crippen LogP contribution in [-0.2, 0) is 50.0 Å². The van der Waals surface area contributed by atoms with Crippen LogP contribution in [0.2, 0.25) is 0 Å². The van der Waals surface area contributed by atoms with Gasteiger partial charge in [-0.1, -0.05) is 58.0 Å². The highest BCUT2D eigenvalue weighted by Crippen LogP contribution is 2.11. The third kappa shape index (κ3) is 12.0. The fourth-order valence-electron chi connectivity index (χ4n) is 4.51. The summed E-state index contributed by atoms with van der Waals surface area (Å²) in [7, 11) is -4.90. The zero-order chi connectivity index (χ0) is 34.8. The van der Waals surface area contributed by atoms with E-state index in [0.29, 0.717) is 5.56 Å². The zero-order valence-corrected chi connectivity index (χ0v) is 27.1. The maximum atomic E-state index is 13.4. The van der Waals surface area contributed by atoms with E-state index >= 15 is 0 Å². The molecule has 0 radical (unpaired) electrons. The van der Waals surface area contributed by atoms with E-state index < -0.39 is 99.6 Å². The molecule has 1 saturated heterocycles. The van der Waals surface area contributed by atoms with Gasteiger partial charge in [-0.3, -0.25) is 33.3 Å². The van der Waals surface area contributed by atoms with E-state index in [1.165, 1.54) is 6.92 Å². The van der Waals surface area contributed by atoms with Gasteiger partial charge in [0.25, 0.3) is 10.1 Å². The smallest absolute Gasteiger partial charge is 0.307 e. The molecule has 1 aromatic rings. The molecule has 1 fully saturated rings. The Morgan fingerprint density at radius 2 is 1.61 bits per heavy atom. The molecule has 0 aliphatic carbocycles. The summed E-state index contributed by atoms with van der Waals surface area (Å²) in [5.41, 5.74) is 0.668. The van der Waals surface area contributed by atoms with E-state index in [1.807, 2.05) is 0 Å². The molecule has 0 saturated carbocycles. The van der Waals surface area contributed by atoms with Crippen molar-refractivity contribution >= 4 is 45.6 Å². The number of hydrogen-bond donors (Lipinski definition) is 7. The number of cyclic esters (lactones) is 1. The number of hydrogen-bond acceptors (Lipinski definition) is 10. The Morgan fingerprint density at radius 1 is 0.978 bits per heavy atom. The van der Waals surface area contributed by atoms with Crippen molar-refractivity contribution in [2.24, 2.45) is 11.8 Å². The molecule has 0 unspecified atom stereocenters. The Labute approximate surface area is 267 Å². The van der Waals surface area contributed by atoms with E-state index in [2.05, 4.69) is 26.6 Å². The van der Waals surface area contributed by atoms with Gasteiger partial charge >= 0.3 is 5.97 Å². The number of ether oxygens (including phenoxy) is 1. The Bertz CT molecular complexity index is 1370. The second-order valence-corrected chi connectivity index (χ2v) is 13.2. The van der Waals surface area contributed by atoms with Gasteiger partial charge in [0.05, 0.1) is 18.9 Å². The number of nitrogens with one attached hydrogen (secondary N) is 5. The van der Waals surface area contributed by atoms with Crippen LogP contribution in [0.1, 0.15) is 46.6 Å². The summed E-state index contributed by atoms with van der Waals surface area (Å²) in [6.07, 6.45) is -3.11. The van der Waals surface area contributed by atoms with Crippen LogP contribution in [0, 0.1) is 11.8 Å². The fourth-order valence-corrected chi connectivity index (χ4v) is 5.17. The molecule has 1 aliphatic rings. The van der Waals surface area contributed by atoms with Gasteiger partial charge in [-0.25, -0.2) is 0 Å². The molecule has 7 N–H and O–H groups in total. The summed E-state index contributed by atoms with van der Waals surface area (Å²) >= 11 is 0. The minimum Gasteiger partial charge on any atom is -0.460 e. The lowest BCUT2D eigenvalue weighted by Gasteiger charge is -2.30. The van der Waals surface area contributed by atoms with Crippen LogP contribution in [0.3, 0.4) is 0 Å². The van der Waals surface area contributed by atoms with Gasteiger partial charge in [0.1, 0.15) is 36.0 Å². The molecular weight excluding hydrogens is 626 g/mol. The highest BCUT2D eigenvalue weighted by molar-refractivity contribution is 7.85. The molecule has 0 aromatic heterocycles. The van der Waals surface area contributed by atoms with E-state index in [-0.39, 0.29) is 19.4 Å². The molecule has 5 amide bonds. The van der Waals surface area contributed by atoms with Crippen molar-refractivity contribution in [2.75, 3.05) is 12.3 Å². The van der Waals surface area contributed by atoms with Crippen LogP contribution in [0.15, 0.2) is 30.3 Å². The summed E-state index contributed by atoms with van der Waals surface area (Å²) in [5.74, 6) is -7.80. The van der Waals surface area contributed by atoms with Gasteiger partial charge in [0.2, 0.25) is 29.5 Å². The average Bonchev–Trinajstić information content (AvgIpc) is 2.96. The maximum absolute atomic E-state index is 13.4. The summed E-state index contributed by atoms with van der Waals surface area (Å²) in [4.78, 5) is 77.8. The lowest BCUT2D eigenvalue weighted by molar-refractivity contribution is -0.152. The van der Waals surface area contributed by atoms with Crippen LogP contribution in [0.5, 0.6) is 0 Å². The number of aliphatic hydroxyl groups is 1. The third-order valence-electron chi connectivity index (χ3n) is 7.08. The summed E-state index contributed by atoms with van der Waals surface area (Å²) in [6, 6.07) is 2.22. The molecule has 2 rings (SSSR count). The van der Waals surface area contributed by atoms with E-state index in [9.17, 15) is 46.8 Å². The molecule has 0 spiro atoms. The van der Waals surface area contributed by atoms with E-state index in [4.69, 9.17) is 4.74 Å². The van der Waals surface area contributed by atoms with Gasteiger partial charge < -0.3 is 36.4 Å². The van der Waals surface area contributed by atoms with Gasteiger partial charge in [-0.15, -0.1) is 0 Å². The summed E-state index contributed by atoms with van der Waals surface area (Å²) in [6.45, 7) is 7.50. The molecule has 256 valence electrons. The van der Waals surface area contributed by atoms with E-state index in [0.717, 1.165) is 0 Å². The van der Waals surface area contributed by atoms with Crippen LogP contribution in [0.4, 0.5) is 0 Å². The van der Waals surface area contributed by atoms with Gasteiger partial charge in [0, 0.05) is 6.54 Å². The van der Waals surface area contributed by atoms with Crippen molar-refractivity contribution in [1.82, 2.24) is 26.6 Å². The first-order valence-electron chi connectivity index (χ1n) is 14.7. The lowest BCUT2D eigenvalue weighted by atomic mass is 9.98. The number of esters is 1. The van der Waals surface area contributed by atoms with E-state index in [1.54, 1.807) is 58.0 Å². The number of rotatable bonds is 12. The van der Waals surface area contributed by atoms with Crippen molar-refractivity contribution in [3.8, 4) is 0 Å². The minimum atomic E-state index is -4.90. The Balaban J connectivity index is 2.33. The first kappa shape index (κ1) is 38.1. The van der Waals surface area contributed by atoms with Crippen molar-refractivity contribution < 1.29 is 51.6 Å². The normalized spacial score (nSPS) is 21.5. The SMILES string of the molecule is CC(C)[C@H](NC(=O)Cc1ccccc1)C(=O)N[C@H](CS(=O)(=O)O)C(=O)N[C@@H]1C(=O)N[C@H]([C@H](O)C(C)C)C(=O)NCCC(=O)O[C@@H]1C. The third-order valence-corrected chi connectivity index (χ3v) is 7.84. The second kappa shape index (κ2) is 17.0. The molecule has 46 heavy (non-hydrogen) atoms. The number of carbonyl (C=O) groups excluding carboxylic acids is 6. The highest BCUT2D eigenvalue weighted by Gasteiger charge is 2.39. The monoisotopic (exact) mass is 669 g/mol. The second-order valence-electron chi connectivity index (χ2n) is 11.7. The van der Waals surface area contributed by atoms with Crippen molar-refractivity contribution in [3.05, 3.63) is 35.9 Å². The van der Waals surface area contributed by atoms with Gasteiger partial charge in [-0.05, 0) is 24.3 Å². The maximum Gasteiger partial charge on any atom is 0.307 e. The molecule has 6 atom stereocenters. The predicted octanol–water partition coefficient (Wildman–Crippen LogP) is -1.82.